The number of benzene rings is 1. The van der Waals surface area contributed by atoms with E-state index in [0.717, 1.165) is 16.6 Å². The van der Waals surface area contributed by atoms with Crippen LogP contribution in [-0.2, 0) is 0 Å². The molecule has 0 aliphatic rings. The van der Waals surface area contributed by atoms with Gasteiger partial charge in [-0.25, -0.2) is 9.50 Å². The number of anilines is 1. The summed E-state index contributed by atoms with van der Waals surface area (Å²) < 4.78 is 7.02. The van der Waals surface area contributed by atoms with Crippen molar-refractivity contribution in [1.82, 2.24) is 24.8 Å². The van der Waals surface area contributed by atoms with Crippen LogP contribution in [0.15, 0.2) is 65.7 Å². The lowest BCUT2D eigenvalue weighted by molar-refractivity contribution is 0.102. The molecule has 4 heterocycles. The predicted octanol–water partition coefficient (Wildman–Crippen LogP) is 3.12. The number of nitrogens with one attached hydrogen (secondary N) is 2. The third kappa shape index (κ3) is 2.24. The Kier molecular flexibility index (Phi) is 3.08. The summed E-state index contributed by atoms with van der Waals surface area (Å²) in [6.07, 6.45) is 6.44. The first-order chi connectivity index (χ1) is 12.8. The third-order valence-electron chi connectivity index (χ3n) is 4.12. The maximum atomic E-state index is 12.7. The lowest BCUT2D eigenvalue weighted by Crippen LogP contribution is -2.12. The summed E-state index contributed by atoms with van der Waals surface area (Å²) in [5, 5.41) is 15.0. The third-order valence-corrected chi connectivity index (χ3v) is 4.12. The van der Waals surface area contributed by atoms with Crippen LogP contribution in [0.3, 0.4) is 0 Å². The van der Waals surface area contributed by atoms with E-state index >= 15 is 0 Å². The van der Waals surface area contributed by atoms with Gasteiger partial charge in [0.05, 0.1) is 24.2 Å². The summed E-state index contributed by atoms with van der Waals surface area (Å²) in [5.74, 6) is 0.361. The summed E-state index contributed by atoms with van der Waals surface area (Å²) in [6, 6.07) is 10.9. The van der Waals surface area contributed by atoms with Gasteiger partial charge in [-0.3, -0.25) is 9.89 Å². The lowest BCUT2D eigenvalue weighted by Gasteiger charge is -2.05. The number of hydrogen-bond donors (Lipinski definition) is 2. The van der Waals surface area contributed by atoms with Gasteiger partial charge in [0, 0.05) is 17.3 Å². The van der Waals surface area contributed by atoms with Gasteiger partial charge in [-0.2, -0.15) is 10.2 Å². The molecule has 0 bridgehead atoms. The average molecular weight is 344 g/mol. The highest BCUT2D eigenvalue weighted by atomic mass is 16.3. The molecule has 5 rings (SSSR count). The normalized spacial score (nSPS) is 11.2. The Hall–Kier alpha value is -3.94. The Morgan fingerprint density at radius 2 is 2.15 bits per heavy atom. The van der Waals surface area contributed by atoms with Gasteiger partial charge in [0.2, 0.25) is 0 Å². The van der Waals surface area contributed by atoms with Crippen molar-refractivity contribution < 1.29 is 9.21 Å². The minimum Gasteiger partial charge on any atom is -0.463 e. The fourth-order valence-electron chi connectivity index (χ4n) is 2.88. The van der Waals surface area contributed by atoms with Crippen molar-refractivity contribution in [3.63, 3.8) is 0 Å². The summed E-state index contributed by atoms with van der Waals surface area (Å²) in [7, 11) is 0. The van der Waals surface area contributed by atoms with Crippen LogP contribution >= 0.6 is 0 Å². The number of carbonyl (C=O) groups excluding carboxylic acids is 1. The maximum Gasteiger partial charge on any atom is 0.261 e. The first kappa shape index (κ1) is 14.4. The fraction of sp³-hybridized carbons (Fsp3) is 0. The topological polar surface area (TPSA) is 101 Å². The number of fused-ring (bicyclic) bond motifs is 2. The number of carbonyl (C=O) groups is 1. The number of hydrogen-bond acceptors (Lipinski definition) is 5. The zero-order valence-electron chi connectivity index (χ0n) is 13.4. The molecule has 5 aromatic rings. The van der Waals surface area contributed by atoms with Gasteiger partial charge in [0.15, 0.2) is 11.4 Å². The largest absolute Gasteiger partial charge is 0.463 e. The monoisotopic (exact) mass is 344 g/mol. The van der Waals surface area contributed by atoms with Crippen molar-refractivity contribution in [3.05, 3.63) is 66.8 Å². The Bertz CT molecular complexity index is 1240. The molecule has 0 atom stereocenters. The fourth-order valence-corrected chi connectivity index (χ4v) is 2.88. The number of aromatic amines is 1. The van der Waals surface area contributed by atoms with Crippen LogP contribution in [0.2, 0.25) is 0 Å². The predicted molar refractivity (Wildman–Crippen MR) is 94.7 cm³/mol. The molecular formula is C18H12N6O2. The molecule has 0 saturated heterocycles. The van der Waals surface area contributed by atoms with E-state index in [2.05, 4.69) is 25.6 Å². The Balaban J connectivity index is 1.52. The van der Waals surface area contributed by atoms with Crippen LogP contribution in [0.25, 0.3) is 28.0 Å². The zero-order chi connectivity index (χ0) is 17.5. The highest BCUT2D eigenvalue weighted by molar-refractivity contribution is 6.08. The summed E-state index contributed by atoms with van der Waals surface area (Å²) in [4.78, 5) is 17.0. The quantitative estimate of drug-likeness (QED) is 0.524. The average Bonchev–Trinajstić information content (AvgIpc) is 3.40. The van der Waals surface area contributed by atoms with Crippen LogP contribution in [0.4, 0.5) is 5.69 Å². The zero-order valence-corrected chi connectivity index (χ0v) is 13.4. The number of furan rings is 1. The molecule has 26 heavy (non-hydrogen) atoms. The SMILES string of the molecule is O=C(Nc1ccc2cn[nH]c2c1)c1cnn2c(-c3ccco3)ccnc12. The van der Waals surface area contributed by atoms with E-state index < -0.39 is 0 Å². The Labute approximate surface area is 146 Å². The molecule has 0 spiro atoms. The van der Waals surface area contributed by atoms with Crippen molar-refractivity contribution in [1.29, 1.82) is 0 Å². The molecule has 2 N–H and O–H groups in total. The van der Waals surface area contributed by atoms with Gasteiger partial charge in [0.25, 0.3) is 5.91 Å². The van der Waals surface area contributed by atoms with Gasteiger partial charge in [-0.05, 0) is 36.4 Å². The second kappa shape index (κ2) is 5.55. The molecule has 1 amide bonds. The number of H-pyrrole nitrogens is 1. The molecule has 0 unspecified atom stereocenters. The minimum atomic E-state index is -0.289. The van der Waals surface area contributed by atoms with Crippen molar-refractivity contribution in [2.45, 2.75) is 0 Å². The molecule has 4 aromatic heterocycles. The Morgan fingerprint density at radius 3 is 3.04 bits per heavy atom. The molecule has 0 aliphatic carbocycles. The van der Waals surface area contributed by atoms with E-state index in [1.807, 2.05) is 24.3 Å². The molecule has 8 nitrogen and oxygen atoms in total. The molecule has 0 radical (unpaired) electrons. The highest BCUT2D eigenvalue weighted by Crippen LogP contribution is 2.22. The first-order valence-corrected chi connectivity index (χ1v) is 7.91. The molecule has 1 aromatic carbocycles. The molecule has 0 aliphatic heterocycles. The van der Waals surface area contributed by atoms with Gasteiger partial charge < -0.3 is 9.73 Å². The van der Waals surface area contributed by atoms with Crippen molar-refractivity contribution >= 4 is 28.1 Å². The number of amides is 1. The van der Waals surface area contributed by atoms with Crippen molar-refractivity contribution in [2.75, 3.05) is 5.32 Å². The Morgan fingerprint density at radius 1 is 1.19 bits per heavy atom. The second-order valence-corrected chi connectivity index (χ2v) is 5.73. The summed E-state index contributed by atoms with van der Waals surface area (Å²) in [5.41, 5.74) is 3.06. The van der Waals surface area contributed by atoms with Crippen molar-refractivity contribution in [2.24, 2.45) is 0 Å². The highest BCUT2D eigenvalue weighted by Gasteiger charge is 2.17. The standard InChI is InChI=1S/C18H12N6O2/c25-18(22-12-4-3-11-9-20-23-14(11)8-12)13-10-21-24-15(5-6-19-17(13)24)16-2-1-7-26-16/h1-10H,(H,20,23)(H,22,25). The van der Waals surface area contributed by atoms with Crippen LogP contribution in [0, 0.1) is 0 Å². The summed E-state index contributed by atoms with van der Waals surface area (Å²) in [6.45, 7) is 0. The van der Waals surface area contributed by atoms with Crippen LogP contribution in [-0.4, -0.2) is 30.7 Å². The van der Waals surface area contributed by atoms with Crippen LogP contribution in [0.1, 0.15) is 10.4 Å². The van der Waals surface area contributed by atoms with Gasteiger partial charge in [-0.1, -0.05) is 0 Å². The summed E-state index contributed by atoms with van der Waals surface area (Å²) >= 11 is 0. The van der Waals surface area contributed by atoms with Crippen molar-refractivity contribution in [3.8, 4) is 11.5 Å². The lowest BCUT2D eigenvalue weighted by atomic mass is 10.2. The molecule has 8 heteroatoms. The number of rotatable bonds is 3. The second-order valence-electron chi connectivity index (χ2n) is 5.73. The van der Waals surface area contributed by atoms with Gasteiger partial charge in [-0.15, -0.1) is 0 Å². The first-order valence-electron chi connectivity index (χ1n) is 7.91. The van der Waals surface area contributed by atoms with Gasteiger partial charge >= 0.3 is 0 Å². The molecule has 126 valence electrons. The van der Waals surface area contributed by atoms with Gasteiger partial charge in [0.1, 0.15) is 11.3 Å². The number of nitrogens with zero attached hydrogens (tertiary/aromatic N) is 4. The minimum absolute atomic E-state index is 0.289. The van der Waals surface area contributed by atoms with Crippen LogP contribution in [0.5, 0.6) is 0 Å². The van der Waals surface area contributed by atoms with E-state index in [-0.39, 0.29) is 5.91 Å². The molecule has 0 saturated carbocycles. The van der Waals surface area contributed by atoms with Crippen LogP contribution < -0.4 is 5.32 Å². The maximum absolute atomic E-state index is 12.7. The van der Waals surface area contributed by atoms with E-state index in [1.165, 1.54) is 6.20 Å². The molecular weight excluding hydrogens is 332 g/mol. The smallest absolute Gasteiger partial charge is 0.261 e. The van der Waals surface area contributed by atoms with E-state index in [9.17, 15) is 4.79 Å². The van der Waals surface area contributed by atoms with E-state index in [0.29, 0.717) is 22.7 Å². The van der Waals surface area contributed by atoms with E-state index in [4.69, 9.17) is 4.42 Å². The van der Waals surface area contributed by atoms with E-state index in [1.54, 1.807) is 35.3 Å². The molecule has 0 fully saturated rings. The number of aromatic nitrogens is 5.